The highest BCUT2D eigenvalue weighted by Crippen LogP contribution is 2.21. The van der Waals surface area contributed by atoms with E-state index in [1.807, 2.05) is 51.1 Å². The predicted octanol–water partition coefficient (Wildman–Crippen LogP) is 4.24. The van der Waals surface area contributed by atoms with E-state index in [2.05, 4.69) is 10.1 Å². The second-order valence-corrected chi connectivity index (χ2v) is 8.71. The molecule has 0 amide bonds. The van der Waals surface area contributed by atoms with Crippen LogP contribution in [0.4, 0.5) is 0 Å². The second kappa shape index (κ2) is 7.72. The Labute approximate surface area is 187 Å². The van der Waals surface area contributed by atoms with Crippen molar-refractivity contribution in [2.75, 3.05) is 0 Å². The lowest BCUT2D eigenvalue weighted by molar-refractivity contribution is 0.370. The van der Waals surface area contributed by atoms with Gasteiger partial charge in [-0.25, -0.2) is 9.36 Å². The zero-order chi connectivity index (χ0) is 22.4. The molecular formula is C24H20N4O3S. The Morgan fingerprint density at radius 1 is 0.969 bits per heavy atom. The van der Waals surface area contributed by atoms with Crippen LogP contribution < -0.4 is 11.2 Å². The van der Waals surface area contributed by atoms with Crippen molar-refractivity contribution in [2.45, 2.75) is 27.3 Å². The maximum Gasteiger partial charge on any atom is 0.336 e. The first-order valence-electron chi connectivity index (χ1n) is 10.1. The minimum atomic E-state index is -0.448. The van der Waals surface area contributed by atoms with E-state index in [4.69, 9.17) is 4.52 Å². The van der Waals surface area contributed by atoms with E-state index in [-0.39, 0.29) is 12.1 Å². The van der Waals surface area contributed by atoms with Gasteiger partial charge in [0.2, 0.25) is 11.7 Å². The third-order valence-corrected chi connectivity index (χ3v) is 6.47. The molecule has 2 aromatic carbocycles. The van der Waals surface area contributed by atoms with E-state index in [9.17, 15) is 9.59 Å². The van der Waals surface area contributed by atoms with Crippen molar-refractivity contribution >= 4 is 21.6 Å². The van der Waals surface area contributed by atoms with E-state index < -0.39 is 5.69 Å². The smallest absolute Gasteiger partial charge is 0.336 e. The lowest BCUT2D eigenvalue weighted by atomic mass is 10.1. The third kappa shape index (κ3) is 3.38. The van der Waals surface area contributed by atoms with E-state index in [1.165, 1.54) is 26.0 Å². The maximum atomic E-state index is 13.4. The summed E-state index contributed by atoms with van der Waals surface area (Å²) in [6, 6.07) is 15.0. The lowest BCUT2D eigenvalue weighted by Crippen LogP contribution is -2.38. The molecule has 0 spiro atoms. The molecule has 0 aliphatic rings. The summed E-state index contributed by atoms with van der Waals surface area (Å²) >= 11 is 1.30. The minimum absolute atomic E-state index is 0.0655. The summed E-state index contributed by atoms with van der Waals surface area (Å²) in [5, 5.41) is 5.89. The Morgan fingerprint density at radius 3 is 2.50 bits per heavy atom. The van der Waals surface area contributed by atoms with Crippen LogP contribution in [0.1, 0.15) is 22.6 Å². The molecule has 160 valence electrons. The van der Waals surface area contributed by atoms with Crippen molar-refractivity contribution in [3.63, 3.8) is 0 Å². The van der Waals surface area contributed by atoms with Crippen molar-refractivity contribution < 1.29 is 4.52 Å². The number of thiophene rings is 1. The summed E-state index contributed by atoms with van der Waals surface area (Å²) in [7, 11) is 0. The minimum Gasteiger partial charge on any atom is -0.337 e. The number of fused-ring (bicyclic) bond motifs is 1. The van der Waals surface area contributed by atoms with Gasteiger partial charge in [-0.3, -0.25) is 9.36 Å². The molecule has 3 heterocycles. The zero-order valence-electron chi connectivity index (χ0n) is 17.8. The zero-order valence-corrected chi connectivity index (χ0v) is 18.6. The topological polar surface area (TPSA) is 82.9 Å². The van der Waals surface area contributed by atoms with Crippen molar-refractivity contribution in [3.8, 4) is 17.1 Å². The highest BCUT2D eigenvalue weighted by molar-refractivity contribution is 7.17. The average molecular weight is 445 g/mol. The van der Waals surface area contributed by atoms with Gasteiger partial charge in [-0.05, 0) is 61.5 Å². The van der Waals surface area contributed by atoms with Gasteiger partial charge >= 0.3 is 5.69 Å². The molecule has 5 aromatic rings. The Balaban J connectivity index is 1.61. The first-order chi connectivity index (χ1) is 15.4. The number of hydrogen-bond acceptors (Lipinski definition) is 6. The molecule has 3 aromatic heterocycles. The second-order valence-electron chi connectivity index (χ2n) is 7.79. The normalized spacial score (nSPS) is 11.3. The van der Waals surface area contributed by atoms with Gasteiger partial charge in [-0.15, -0.1) is 11.3 Å². The van der Waals surface area contributed by atoms with Gasteiger partial charge in [0.15, 0.2) is 0 Å². The van der Waals surface area contributed by atoms with Crippen LogP contribution in [-0.2, 0) is 6.54 Å². The summed E-state index contributed by atoms with van der Waals surface area (Å²) in [5.41, 5.74) is 4.51. The Bertz CT molecular complexity index is 1570. The van der Waals surface area contributed by atoms with Crippen molar-refractivity contribution in [1.82, 2.24) is 19.3 Å². The summed E-state index contributed by atoms with van der Waals surface area (Å²) < 4.78 is 8.66. The van der Waals surface area contributed by atoms with Crippen LogP contribution in [0.25, 0.3) is 27.3 Å². The quantitative estimate of drug-likeness (QED) is 0.414. The summed E-state index contributed by atoms with van der Waals surface area (Å²) in [6.45, 7) is 6.09. The molecule has 0 aliphatic heterocycles. The van der Waals surface area contributed by atoms with Gasteiger partial charge in [0.25, 0.3) is 5.56 Å². The van der Waals surface area contributed by atoms with Crippen molar-refractivity contribution in [1.29, 1.82) is 0 Å². The van der Waals surface area contributed by atoms with Gasteiger partial charge in [0.1, 0.15) is 11.2 Å². The highest BCUT2D eigenvalue weighted by Gasteiger charge is 2.18. The molecule has 0 bridgehead atoms. The van der Waals surface area contributed by atoms with E-state index in [0.717, 1.165) is 16.7 Å². The molecule has 0 unspecified atom stereocenters. The lowest BCUT2D eigenvalue weighted by Gasteiger charge is -2.11. The summed E-state index contributed by atoms with van der Waals surface area (Å²) in [4.78, 5) is 30.9. The number of benzene rings is 2. The van der Waals surface area contributed by atoms with Gasteiger partial charge in [-0.1, -0.05) is 35.0 Å². The standard InChI is InChI=1S/C24H20N4O3S/c1-14-4-8-18(9-5-14)28-23(29)21-19(10-11-32-21)27(24(28)30)13-20-25-22(26-31-20)17-7-6-15(2)16(3)12-17/h4-12H,13H2,1-3H3. The number of aryl methyl sites for hydroxylation is 3. The Morgan fingerprint density at radius 2 is 1.75 bits per heavy atom. The Hall–Kier alpha value is -3.78. The summed E-state index contributed by atoms with van der Waals surface area (Å²) in [5.74, 6) is 0.756. The fourth-order valence-electron chi connectivity index (χ4n) is 3.61. The molecular weight excluding hydrogens is 424 g/mol. The molecule has 32 heavy (non-hydrogen) atoms. The molecule has 8 heteroatoms. The highest BCUT2D eigenvalue weighted by atomic mass is 32.1. The van der Waals surface area contributed by atoms with Crippen LogP contribution in [0.3, 0.4) is 0 Å². The Kier molecular flexibility index (Phi) is 4.86. The molecule has 0 radical (unpaired) electrons. The van der Waals surface area contributed by atoms with E-state index in [1.54, 1.807) is 23.6 Å². The van der Waals surface area contributed by atoms with Crippen LogP contribution in [0.2, 0.25) is 0 Å². The summed E-state index contributed by atoms with van der Waals surface area (Å²) in [6.07, 6.45) is 0. The van der Waals surface area contributed by atoms with Crippen molar-refractivity contribution in [3.05, 3.63) is 97.3 Å². The predicted molar refractivity (Wildman–Crippen MR) is 125 cm³/mol. The monoisotopic (exact) mass is 444 g/mol. The van der Waals surface area contributed by atoms with Crippen LogP contribution in [0.5, 0.6) is 0 Å². The molecule has 0 saturated heterocycles. The SMILES string of the molecule is Cc1ccc(-n2c(=O)c3sccc3n(Cc3nc(-c4ccc(C)c(C)c4)no3)c2=O)cc1. The largest absolute Gasteiger partial charge is 0.337 e. The van der Waals surface area contributed by atoms with Gasteiger partial charge in [0, 0.05) is 5.56 Å². The molecule has 7 nitrogen and oxygen atoms in total. The molecule has 5 rings (SSSR count). The molecule has 0 fully saturated rings. The van der Waals surface area contributed by atoms with E-state index >= 15 is 0 Å². The molecule has 0 atom stereocenters. The number of nitrogens with zero attached hydrogens (tertiary/aromatic N) is 4. The van der Waals surface area contributed by atoms with E-state index in [0.29, 0.717) is 27.6 Å². The number of hydrogen-bond donors (Lipinski definition) is 0. The fraction of sp³-hybridized carbons (Fsp3) is 0.167. The fourth-order valence-corrected chi connectivity index (χ4v) is 4.44. The van der Waals surface area contributed by atoms with Crippen LogP contribution in [-0.4, -0.2) is 19.3 Å². The molecule has 0 saturated carbocycles. The average Bonchev–Trinajstić information content (AvgIpc) is 3.44. The first kappa shape index (κ1) is 20.1. The van der Waals surface area contributed by atoms with Gasteiger partial charge in [-0.2, -0.15) is 4.98 Å². The van der Waals surface area contributed by atoms with Crippen LogP contribution in [0, 0.1) is 20.8 Å². The van der Waals surface area contributed by atoms with Gasteiger partial charge in [0.05, 0.1) is 11.2 Å². The molecule has 0 N–H and O–H groups in total. The first-order valence-corrected chi connectivity index (χ1v) is 11.0. The van der Waals surface area contributed by atoms with Gasteiger partial charge < -0.3 is 4.52 Å². The maximum absolute atomic E-state index is 13.4. The number of rotatable bonds is 4. The van der Waals surface area contributed by atoms with Crippen LogP contribution in [0.15, 0.2) is 68.0 Å². The number of aromatic nitrogens is 4. The third-order valence-electron chi connectivity index (χ3n) is 5.57. The van der Waals surface area contributed by atoms with Crippen LogP contribution >= 0.6 is 11.3 Å². The van der Waals surface area contributed by atoms with Crippen molar-refractivity contribution in [2.24, 2.45) is 0 Å². The molecule has 0 aliphatic carbocycles.